The minimum atomic E-state index is -0.640. The predicted molar refractivity (Wildman–Crippen MR) is 121 cm³/mol. The number of rotatable bonds is 3. The van der Waals surface area contributed by atoms with Crippen LogP contribution in [0.25, 0.3) is 10.4 Å². The number of amides is 2. The lowest BCUT2D eigenvalue weighted by atomic mass is 9.87. The molecule has 2 aromatic carbocycles. The zero-order valence-electron chi connectivity index (χ0n) is 16.6. The van der Waals surface area contributed by atoms with Gasteiger partial charge in [-0.2, -0.15) is 0 Å². The van der Waals surface area contributed by atoms with Crippen LogP contribution in [-0.2, 0) is 4.79 Å². The zero-order valence-corrected chi connectivity index (χ0v) is 17.4. The van der Waals surface area contributed by atoms with Crippen molar-refractivity contribution in [3.63, 3.8) is 0 Å². The van der Waals surface area contributed by atoms with Crippen LogP contribution in [0.1, 0.15) is 33.0 Å². The molecule has 1 aliphatic heterocycles. The Morgan fingerprint density at radius 1 is 1.03 bits per heavy atom. The van der Waals surface area contributed by atoms with E-state index in [1.165, 1.54) is 11.3 Å². The van der Waals surface area contributed by atoms with Gasteiger partial charge in [-0.3, -0.25) is 14.6 Å². The first-order valence-electron chi connectivity index (χ1n) is 9.78. The van der Waals surface area contributed by atoms with Crippen molar-refractivity contribution < 1.29 is 9.59 Å². The highest BCUT2D eigenvalue weighted by molar-refractivity contribution is 7.19. The van der Waals surface area contributed by atoms with Gasteiger partial charge < -0.3 is 10.6 Å². The van der Waals surface area contributed by atoms with Crippen molar-refractivity contribution >= 4 is 34.0 Å². The molecule has 2 aromatic heterocycles. The number of pyridine rings is 1. The average molecular weight is 427 g/mol. The Balaban J connectivity index is 1.51. The molecule has 0 saturated heterocycles. The number of para-hydroxylation sites is 1. The molecule has 3 heterocycles. The highest BCUT2D eigenvalue weighted by atomic mass is 32.1. The Bertz CT molecular complexity index is 1310. The second kappa shape index (κ2) is 7.77. The Kier molecular flexibility index (Phi) is 4.80. The fourth-order valence-electron chi connectivity index (χ4n) is 3.79. The highest BCUT2D eigenvalue weighted by Crippen LogP contribution is 2.37. The van der Waals surface area contributed by atoms with E-state index in [4.69, 9.17) is 0 Å². The molecule has 5 rings (SSSR count). The third kappa shape index (κ3) is 3.60. The van der Waals surface area contributed by atoms with Gasteiger partial charge in [0.05, 0.1) is 10.8 Å². The summed E-state index contributed by atoms with van der Waals surface area (Å²) in [5.41, 5.74) is 4.55. The Morgan fingerprint density at radius 3 is 2.65 bits per heavy atom. The van der Waals surface area contributed by atoms with Crippen molar-refractivity contribution in [3.8, 4) is 10.4 Å². The second-order valence-corrected chi connectivity index (χ2v) is 8.36. The molecule has 7 heteroatoms. The van der Waals surface area contributed by atoms with Crippen LogP contribution in [0.2, 0.25) is 0 Å². The van der Waals surface area contributed by atoms with Crippen LogP contribution >= 0.6 is 11.3 Å². The van der Waals surface area contributed by atoms with Gasteiger partial charge in [-0.15, -0.1) is 0 Å². The van der Waals surface area contributed by atoms with E-state index in [9.17, 15) is 9.59 Å². The quantitative estimate of drug-likeness (QED) is 0.491. The topological polar surface area (TPSA) is 84.0 Å². The minimum Gasteiger partial charge on any atom is -0.322 e. The summed E-state index contributed by atoms with van der Waals surface area (Å²) < 4.78 is 0. The molecule has 1 unspecified atom stereocenters. The molecule has 152 valence electrons. The number of thiazole rings is 1. The first-order chi connectivity index (χ1) is 15.1. The largest absolute Gasteiger partial charge is 0.322 e. The fourth-order valence-corrected chi connectivity index (χ4v) is 4.59. The summed E-state index contributed by atoms with van der Waals surface area (Å²) in [7, 11) is 0. The van der Waals surface area contributed by atoms with Gasteiger partial charge in [-0.25, -0.2) is 4.98 Å². The van der Waals surface area contributed by atoms with E-state index in [-0.39, 0.29) is 11.8 Å². The molecule has 0 radical (unpaired) electrons. The van der Waals surface area contributed by atoms with E-state index in [1.54, 1.807) is 30.7 Å². The third-order valence-corrected chi connectivity index (χ3v) is 6.16. The standard InChI is InChI=1S/C24H18N4O2S/c1-14-10-15(12-25-11-14)20-13-26-24(31-20)28-23(30)21-16-6-2-3-7-17(16)22(29)27-19-9-5-4-8-18(19)21/h2-13,21H,1H3,(H,27,29)(H,26,28,30). The van der Waals surface area contributed by atoms with Crippen molar-refractivity contribution in [2.45, 2.75) is 12.8 Å². The van der Waals surface area contributed by atoms with Gasteiger partial charge >= 0.3 is 0 Å². The lowest BCUT2D eigenvalue weighted by molar-refractivity contribution is -0.116. The molecular formula is C24H18N4O2S. The number of anilines is 2. The maximum atomic E-state index is 13.5. The number of fused-ring (bicyclic) bond motifs is 2. The van der Waals surface area contributed by atoms with Crippen molar-refractivity contribution in [2.75, 3.05) is 10.6 Å². The normalized spacial score (nSPS) is 14.7. The summed E-state index contributed by atoms with van der Waals surface area (Å²) in [5.74, 6) is -1.10. The number of carbonyl (C=O) groups excluding carboxylic acids is 2. The van der Waals surface area contributed by atoms with E-state index in [0.717, 1.165) is 21.6 Å². The maximum Gasteiger partial charge on any atom is 0.255 e. The number of nitrogens with zero attached hydrogens (tertiary/aromatic N) is 2. The summed E-state index contributed by atoms with van der Waals surface area (Å²) in [6, 6.07) is 16.6. The molecule has 0 saturated carbocycles. The van der Waals surface area contributed by atoms with E-state index in [2.05, 4.69) is 20.6 Å². The van der Waals surface area contributed by atoms with Crippen molar-refractivity contribution in [1.29, 1.82) is 0 Å². The van der Waals surface area contributed by atoms with E-state index in [0.29, 0.717) is 21.9 Å². The van der Waals surface area contributed by atoms with Crippen LogP contribution in [0.15, 0.2) is 73.2 Å². The molecule has 4 aromatic rings. The molecule has 6 nitrogen and oxygen atoms in total. The molecule has 0 aliphatic carbocycles. The van der Waals surface area contributed by atoms with Crippen molar-refractivity contribution in [3.05, 3.63) is 95.4 Å². The Morgan fingerprint density at radius 2 is 1.81 bits per heavy atom. The summed E-state index contributed by atoms with van der Waals surface area (Å²) >= 11 is 1.39. The van der Waals surface area contributed by atoms with Crippen LogP contribution in [0.4, 0.5) is 10.8 Å². The van der Waals surface area contributed by atoms with Crippen LogP contribution < -0.4 is 10.6 Å². The number of hydrogen-bond acceptors (Lipinski definition) is 5. The fraction of sp³-hybridized carbons (Fsp3) is 0.0833. The maximum absolute atomic E-state index is 13.5. The highest BCUT2D eigenvalue weighted by Gasteiger charge is 2.32. The van der Waals surface area contributed by atoms with Gasteiger partial charge in [0.1, 0.15) is 0 Å². The minimum absolute atomic E-state index is 0.221. The second-order valence-electron chi connectivity index (χ2n) is 7.33. The van der Waals surface area contributed by atoms with Crippen LogP contribution in [0.3, 0.4) is 0 Å². The zero-order chi connectivity index (χ0) is 21.4. The smallest absolute Gasteiger partial charge is 0.255 e. The molecule has 1 atom stereocenters. The number of carbonyl (C=O) groups is 2. The Labute approximate surface area is 183 Å². The lowest BCUT2D eigenvalue weighted by Gasteiger charge is -2.18. The number of benzene rings is 2. The summed E-state index contributed by atoms with van der Waals surface area (Å²) in [4.78, 5) is 35.7. The first kappa shape index (κ1) is 19.1. The van der Waals surface area contributed by atoms with Crippen molar-refractivity contribution in [1.82, 2.24) is 9.97 Å². The van der Waals surface area contributed by atoms with Gasteiger partial charge in [0.2, 0.25) is 5.91 Å². The first-order valence-corrected chi connectivity index (χ1v) is 10.6. The average Bonchev–Trinajstić information content (AvgIpc) is 3.19. The summed E-state index contributed by atoms with van der Waals surface area (Å²) in [5, 5.41) is 6.37. The van der Waals surface area contributed by atoms with E-state index < -0.39 is 5.92 Å². The number of aromatic nitrogens is 2. The molecule has 2 amide bonds. The molecule has 31 heavy (non-hydrogen) atoms. The summed E-state index contributed by atoms with van der Waals surface area (Å²) in [6.07, 6.45) is 5.31. The number of aryl methyl sites for hydroxylation is 1. The Hall–Kier alpha value is -3.84. The van der Waals surface area contributed by atoms with Crippen LogP contribution in [-0.4, -0.2) is 21.8 Å². The van der Waals surface area contributed by atoms with Crippen LogP contribution in [0.5, 0.6) is 0 Å². The van der Waals surface area contributed by atoms with E-state index >= 15 is 0 Å². The van der Waals surface area contributed by atoms with Crippen molar-refractivity contribution in [2.24, 2.45) is 0 Å². The van der Waals surface area contributed by atoms with Gasteiger partial charge in [-0.1, -0.05) is 47.7 Å². The van der Waals surface area contributed by atoms with Gasteiger partial charge in [-0.05, 0) is 41.8 Å². The lowest BCUT2D eigenvalue weighted by Crippen LogP contribution is -2.22. The third-order valence-electron chi connectivity index (χ3n) is 5.19. The molecule has 2 N–H and O–H groups in total. The SMILES string of the molecule is Cc1cncc(-c2cnc(NC(=O)C3c4ccccc4NC(=O)c4ccccc43)s2)c1. The number of nitrogens with one attached hydrogen (secondary N) is 2. The van der Waals surface area contributed by atoms with E-state index in [1.807, 2.05) is 49.4 Å². The van der Waals surface area contributed by atoms with Gasteiger partial charge in [0.25, 0.3) is 5.91 Å². The van der Waals surface area contributed by atoms with Crippen LogP contribution in [0, 0.1) is 6.92 Å². The molecule has 0 bridgehead atoms. The number of hydrogen-bond donors (Lipinski definition) is 2. The molecular weight excluding hydrogens is 408 g/mol. The van der Waals surface area contributed by atoms with Gasteiger partial charge in [0, 0.05) is 35.4 Å². The molecule has 1 aliphatic rings. The predicted octanol–water partition coefficient (Wildman–Crippen LogP) is 4.85. The monoisotopic (exact) mass is 426 g/mol. The van der Waals surface area contributed by atoms with Gasteiger partial charge in [0.15, 0.2) is 5.13 Å². The molecule has 0 fully saturated rings. The molecule has 0 spiro atoms. The summed E-state index contributed by atoms with van der Waals surface area (Å²) in [6.45, 7) is 1.98.